The number of imidazole rings is 1. The minimum Gasteiger partial charge on any atom is -0.496 e. The molecule has 4 rings (SSSR count). The Hall–Kier alpha value is -2.92. The SMILES string of the molecule is CC.COc1cc2ncc(-c3ccnc(NC4CCCNC4)n3)n2cc1C(C)(O)C(F)(F)F. The van der Waals surface area contributed by atoms with Gasteiger partial charge in [-0.3, -0.25) is 4.40 Å². The fraction of sp³-hybridized carbons (Fsp3) is 0.500. The van der Waals surface area contributed by atoms with Crippen LogP contribution >= 0.6 is 0 Å². The maximum absolute atomic E-state index is 13.5. The van der Waals surface area contributed by atoms with Crippen molar-refractivity contribution in [3.05, 3.63) is 36.3 Å². The fourth-order valence-electron chi connectivity index (χ4n) is 3.61. The number of aromatic nitrogens is 4. The number of alkyl halides is 3. The summed E-state index contributed by atoms with van der Waals surface area (Å²) in [6.45, 7) is 6.48. The quantitative estimate of drug-likeness (QED) is 0.527. The second-order valence-electron chi connectivity index (χ2n) is 7.65. The van der Waals surface area contributed by atoms with E-state index in [1.54, 1.807) is 12.3 Å². The molecule has 0 aromatic carbocycles. The highest BCUT2D eigenvalue weighted by atomic mass is 19.4. The zero-order valence-corrected chi connectivity index (χ0v) is 19.1. The average Bonchev–Trinajstić information content (AvgIpc) is 3.22. The number of nitrogens with one attached hydrogen (secondary N) is 2. The first kappa shape index (κ1) is 24.7. The van der Waals surface area contributed by atoms with Crippen molar-refractivity contribution in [3.63, 3.8) is 0 Å². The van der Waals surface area contributed by atoms with Gasteiger partial charge in [0.25, 0.3) is 0 Å². The molecule has 33 heavy (non-hydrogen) atoms. The molecule has 11 heteroatoms. The summed E-state index contributed by atoms with van der Waals surface area (Å²) < 4.78 is 47.0. The number of methoxy groups -OCH3 is 1. The van der Waals surface area contributed by atoms with Gasteiger partial charge in [0, 0.05) is 31.0 Å². The molecule has 1 saturated heterocycles. The monoisotopic (exact) mass is 466 g/mol. The topological polar surface area (TPSA) is 96.6 Å². The van der Waals surface area contributed by atoms with Crippen LogP contribution in [0.15, 0.2) is 30.7 Å². The standard InChI is InChI=1S/C20H23F3N6O2.C2H6/c1-19(30,20(21,22)23)13-11-29-15(10-26-17(29)8-16(13)31-2)14-5-7-25-18(28-14)27-12-4-3-6-24-9-12;1-2/h5,7-8,10-12,24,30H,3-4,6,9H2,1-2H3,(H,25,27,28);1-2H3. The molecule has 0 radical (unpaired) electrons. The van der Waals surface area contributed by atoms with E-state index < -0.39 is 17.3 Å². The Morgan fingerprint density at radius 1 is 1.27 bits per heavy atom. The first-order chi connectivity index (χ1) is 15.7. The van der Waals surface area contributed by atoms with E-state index in [4.69, 9.17) is 4.74 Å². The number of ether oxygens (including phenoxy) is 1. The van der Waals surface area contributed by atoms with Crippen LogP contribution in [0, 0.1) is 0 Å². The number of rotatable bonds is 5. The van der Waals surface area contributed by atoms with E-state index in [2.05, 4.69) is 25.6 Å². The molecule has 0 spiro atoms. The second kappa shape index (κ2) is 9.92. The van der Waals surface area contributed by atoms with E-state index in [0.29, 0.717) is 29.9 Å². The number of anilines is 1. The smallest absolute Gasteiger partial charge is 0.421 e. The Morgan fingerprint density at radius 2 is 2.03 bits per heavy atom. The van der Waals surface area contributed by atoms with Gasteiger partial charge in [-0.15, -0.1) is 0 Å². The lowest BCUT2D eigenvalue weighted by molar-refractivity contribution is -0.259. The van der Waals surface area contributed by atoms with Crippen LogP contribution in [0.25, 0.3) is 17.0 Å². The molecular weight excluding hydrogens is 437 g/mol. The Morgan fingerprint density at radius 3 is 2.67 bits per heavy atom. The van der Waals surface area contributed by atoms with Crippen molar-refractivity contribution in [1.29, 1.82) is 0 Å². The lowest BCUT2D eigenvalue weighted by Gasteiger charge is -2.28. The van der Waals surface area contributed by atoms with Gasteiger partial charge in [-0.2, -0.15) is 13.2 Å². The highest BCUT2D eigenvalue weighted by molar-refractivity contribution is 5.63. The third-order valence-electron chi connectivity index (χ3n) is 5.45. The minimum absolute atomic E-state index is 0.109. The first-order valence-corrected chi connectivity index (χ1v) is 10.9. The van der Waals surface area contributed by atoms with Gasteiger partial charge in [0.1, 0.15) is 11.4 Å². The Labute approximate surface area is 190 Å². The molecule has 1 aliphatic heterocycles. The van der Waals surface area contributed by atoms with E-state index in [9.17, 15) is 18.3 Å². The predicted molar refractivity (Wildman–Crippen MR) is 119 cm³/mol. The normalized spacial score (nSPS) is 18.2. The Bertz CT molecular complexity index is 1080. The summed E-state index contributed by atoms with van der Waals surface area (Å²) in [6, 6.07) is 3.20. The van der Waals surface area contributed by atoms with Gasteiger partial charge in [-0.05, 0) is 32.4 Å². The number of nitrogens with zero attached hydrogens (tertiary/aromatic N) is 4. The largest absolute Gasteiger partial charge is 0.496 e. The number of aliphatic hydroxyl groups is 1. The van der Waals surface area contributed by atoms with Crippen molar-refractivity contribution in [1.82, 2.24) is 24.7 Å². The van der Waals surface area contributed by atoms with Crippen LogP contribution in [0.2, 0.25) is 0 Å². The van der Waals surface area contributed by atoms with Crippen molar-refractivity contribution in [2.24, 2.45) is 0 Å². The summed E-state index contributed by atoms with van der Waals surface area (Å²) in [6.07, 6.45) is 1.42. The molecule has 3 aromatic rings. The lowest BCUT2D eigenvalue weighted by atomic mass is 9.96. The molecule has 2 atom stereocenters. The summed E-state index contributed by atoms with van der Waals surface area (Å²) in [5.74, 6) is 0.319. The van der Waals surface area contributed by atoms with Crippen LogP contribution in [0.4, 0.5) is 19.1 Å². The van der Waals surface area contributed by atoms with Crippen molar-refractivity contribution in [3.8, 4) is 17.1 Å². The summed E-state index contributed by atoms with van der Waals surface area (Å²) in [4.78, 5) is 13.0. The molecule has 4 heterocycles. The van der Waals surface area contributed by atoms with E-state index >= 15 is 0 Å². The van der Waals surface area contributed by atoms with Crippen LogP contribution < -0.4 is 15.4 Å². The van der Waals surface area contributed by atoms with Crippen LogP contribution in [0.5, 0.6) is 5.75 Å². The number of hydrogen-bond acceptors (Lipinski definition) is 7. The molecule has 0 saturated carbocycles. The first-order valence-electron chi connectivity index (χ1n) is 10.9. The van der Waals surface area contributed by atoms with Gasteiger partial charge in [-0.1, -0.05) is 13.8 Å². The number of piperidine rings is 1. The van der Waals surface area contributed by atoms with Crippen LogP contribution in [0.3, 0.4) is 0 Å². The third kappa shape index (κ3) is 5.03. The van der Waals surface area contributed by atoms with Crippen molar-refractivity contribution in [2.75, 3.05) is 25.5 Å². The van der Waals surface area contributed by atoms with E-state index in [1.165, 1.54) is 30.0 Å². The molecule has 8 nitrogen and oxygen atoms in total. The molecule has 180 valence electrons. The minimum atomic E-state index is -4.89. The highest BCUT2D eigenvalue weighted by Crippen LogP contribution is 2.43. The van der Waals surface area contributed by atoms with Crippen LogP contribution in [-0.2, 0) is 5.60 Å². The number of pyridine rings is 1. The molecule has 0 bridgehead atoms. The van der Waals surface area contributed by atoms with Gasteiger partial charge in [0.15, 0.2) is 5.60 Å². The van der Waals surface area contributed by atoms with Gasteiger partial charge >= 0.3 is 6.18 Å². The van der Waals surface area contributed by atoms with E-state index in [-0.39, 0.29) is 11.8 Å². The lowest BCUT2D eigenvalue weighted by Crippen LogP contribution is -2.39. The summed E-state index contributed by atoms with van der Waals surface area (Å²) in [7, 11) is 1.24. The van der Waals surface area contributed by atoms with Gasteiger partial charge in [0.05, 0.1) is 30.3 Å². The molecule has 2 unspecified atom stereocenters. The molecule has 0 aliphatic carbocycles. The number of fused-ring (bicyclic) bond motifs is 1. The van der Waals surface area contributed by atoms with Gasteiger partial charge in [-0.25, -0.2) is 15.0 Å². The maximum atomic E-state index is 13.5. The molecule has 1 aliphatic rings. The van der Waals surface area contributed by atoms with Crippen molar-refractivity contribution in [2.45, 2.75) is 51.4 Å². The van der Waals surface area contributed by atoms with Crippen LogP contribution in [0.1, 0.15) is 39.2 Å². The van der Waals surface area contributed by atoms with Gasteiger partial charge < -0.3 is 20.5 Å². The fourth-order valence-corrected chi connectivity index (χ4v) is 3.61. The Balaban J connectivity index is 0.00000149. The number of halogens is 3. The third-order valence-corrected chi connectivity index (χ3v) is 5.45. The van der Waals surface area contributed by atoms with E-state index in [1.807, 2.05) is 13.8 Å². The average molecular weight is 467 g/mol. The van der Waals surface area contributed by atoms with Crippen LogP contribution in [-0.4, -0.2) is 56.9 Å². The Kier molecular flexibility index (Phi) is 7.43. The van der Waals surface area contributed by atoms with Gasteiger partial charge in [0.2, 0.25) is 5.95 Å². The second-order valence-corrected chi connectivity index (χ2v) is 7.65. The van der Waals surface area contributed by atoms with Crippen molar-refractivity contribution < 1.29 is 23.0 Å². The highest BCUT2D eigenvalue weighted by Gasteiger charge is 2.53. The predicted octanol–water partition coefficient (Wildman–Crippen LogP) is 3.76. The molecule has 3 N–H and O–H groups in total. The number of hydrogen-bond donors (Lipinski definition) is 3. The van der Waals surface area contributed by atoms with E-state index in [0.717, 1.165) is 25.9 Å². The summed E-state index contributed by atoms with van der Waals surface area (Å²) in [5.41, 5.74) is -2.23. The maximum Gasteiger partial charge on any atom is 0.421 e. The summed E-state index contributed by atoms with van der Waals surface area (Å²) >= 11 is 0. The molecule has 3 aromatic heterocycles. The molecular formula is C22H29F3N6O2. The van der Waals surface area contributed by atoms with Crippen molar-refractivity contribution >= 4 is 11.6 Å². The zero-order valence-electron chi connectivity index (χ0n) is 19.1. The zero-order chi connectivity index (χ0) is 24.2. The molecule has 0 amide bonds. The summed E-state index contributed by atoms with van der Waals surface area (Å²) in [5, 5.41) is 16.8. The molecule has 1 fully saturated rings.